The van der Waals surface area contributed by atoms with Gasteiger partial charge in [0.1, 0.15) is 17.2 Å². The molecule has 1 atom stereocenters. The van der Waals surface area contributed by atoms with Gasteiger partial charge in [0.15, 0.2) is 11.6 Å². The summed E-state index contributed by atoms with van der Waals surface area (Å²) in [6, 6.07) is 19.8. The topological polar surface area (TPSA) is 61.8 Å². The van der Waals surface area contributed by atoms with Crippen molar-refractivity contribution in [1.29, 1.82) is 0 Å². The molecule has 5 aromatic rings. The lowest BCUT2D eigenvalue weighted by Crippen LogP contribution is -2.15. The fourth-order valence-electron chi connectivity index (χ4n) is 10.1. The molecule has 350 valence electrons. The molecule has 0 radical (unpaired) electrons. The van der Waals surface area contributed by atoms with E-state index < -0.39 is 0 Å². The van der Waals surface area contributed by atoms with Crippen molar-refractivity contribution >= 4 is 33.6 Å². The van der Waals surface area contributed by atoms with Gasteiger partial charge in [-0.05, 0) is 138 Å². The lowest BCUT2D eigenvalue weighted by Gasteiger charge is -2.26. The zero-order valence-corrected chi connectivity index (χ0v) is 44.7. The van der Waals surface area contributed by atoms with E-state index in [4.69, 9.17) is 14.2 Å². The van der Waals surface area contributed by atoms with E-state index in [1.165, 1.54) is 55.6 Å². The number of carbonyl (C=O) groups is 2. The number of aryl methyl sites for hydroxylation is 4. The fourth-order valence-corrected chi connectivity index (χ4v) is 10.9. The van der Waals surface area contributed by atoms with Gasteiger partial charge in [0, 0.05) is 51.3 Å². The third-order valence-corrected chi connectivity index (χ3v) is 14.0. The summed E-state index contributed by atoms with van der Waals surface area (Å²) in [5.74, 6) is 3.36. The number of ketones is 2. The molecule has 0 aliphatic heterocycles. The largest absolute Gasteiger partial charge is 0.496 e. The summed E-state index contributed by atoms with van der Waals surface area (Å²) in [5.41, 5.74) is 21.4. The number of Topliss-reactive ketones (excluding diaryl/α,β-unsaturated/α-hetero) is 2. The molecule has 0 fully saturated rings. The molecule has 6 heteroatoms. The van der Waals surface area contributed by atoms with Crippen LogP contribution in [-0.2, 0) is 35.5 Å². The average molecular weight is 954 g/mol. The number of allylic oxidation sites excluding steroid dienone is 1. The maximum Gasteiger partial charge on any atom is 0.166 e. The van der Waals surface area contributed by atoms with Crippen LogP contribution in [0.25, 0.3) is 28.3 Å². The minimum absolute atomic E-state index is 0.0359. The first-order chi connectivity index (χ1) is 30.7. The fraction of sp³-hybridized carbons (Fsp3) is 0.433. The second kappa shape index (κ2) is 19.0. The standard InChI is InChI=1S/C23H28O2.C23H28O.C14H17BrO2/c1-13-8-14(2)10-16(9-13)20-17-11-15(3)21(24)18(17)12-19(22(20)25-7)23(4,5)6;1-14-8-15(2)11-18(10-14)21-19-12-16(3)9-17(19)13-20(22(21)24-7)23(4,5)6;1-14(2,3)10-7-9-8(5-6-11(9)16)12(15)13(10)17-4/h8-10,12,15H,11H2,1-7H3;8-11,13H,12H2,1-7H3;7H,5-6H2,1-4H3. The summed E-state index contributed by atoms with van der Waals surface area (Å²) >= 11 is 3.59. The summed E-state index contributed by atoms with van der Waals surface area (Å²) < 4.78 is 18.4. The van der Waals surface area contributed by atoms with Gasteiger partial charge in [0.25, 0.3) is 0 Å². The number of halogens is 1. The van der Waals surface area contributed by atoms with Crippen LogP contribution in [0.5, 0.6) is 17.2 Å². The van der Waals surface area contributed by atoms with E-state index in [0.717, 1.165) is 85.5 Å². The molecule has 3 aliphatic rings. The lowest BCUT2D eigenvalue weighted by molar-refractivity contribution is 0.0945. The molecule has 0 aromatic heterocycles. The summed E-state index contributed by atoms with van der Waals surface area (Å²) in [6.45, 7) is 32.5. The molecule has 0 saturated heterocycles. The van der Waals surface area contributed by atoms with Crippen LogP contribution in [0.4, 0.5) is 0 Å². The third-order valence-electron chi connectivity index (χ3n) is 13.2. The molecule has 0 heterocycles. The Morgan fingerprint density at radius 3 is 1.41 bits per heavy atom. The van der Waals surface area contributed by atoms with Crippen molar-refractivity contribution in [2.45, 2.75) is 146 Å². The molecule has 5 aromatic carbocycles. The smallest absolute Gasteiger partial charge is 0.166 e. The Bertz CT molecular complexity index is 2720. The Morgan fingerprint density at radius 2 is 0.955 bits per heavy atom. The van der Waals surface area contributed by atoms with E-state index in [2.05, 4.69) is 167 Å². The van der Waals surface area contributed by atoms with Gasteiger partial charge >= 0.3 is 0 Å². The number of hydrogen-bond acceptors (Lipinski definition) is 5. The normalized spacial score (nSPS) is 15.3. The van der Waals surface area contributed by atoms with E-state index in [9.17, 15) is 9.59 Å². The van der Waals surface area contributed by atoms with Crippen LogP contribution < -0.4 is 14.2 Å². The van der Waals surface area contributed by atoms with Crippen molar-refractivity contribution in [3.63, 3.8) is 0 Å². The Hall–Kier alpha value is -4.94. The molecule has 1 unspecified atom stereocenters. The molecule has 66 heavy (non-hydrogen) atoms. The maximum atomic E-state index is 12.8. The first-order valence-electron chi connectivity index (χ1n) is 23.5. The van der Waals surface area contributed by atoms with E-state index in [1.807, 2.05) is 13.0 Å². The van der Waals surface area contributed by atoms with E-state index in [-0.39, 0.29) is 33.7 Å². The average Bonchev–Trinajstić information content (AvgIpc) is 3.87. The van der Waals surface area contributed by atoms with Gasteiger partial charge in [-0.1, -0.05) is 140 Å². The number of methoxy groups -OCH3 is 3. The van der Waals surface area contributed by atoms with Crippen LogP contribution in [0.2, 0.25) is 0 Å². The quantitative estimate of drug-likeness (QED) is 0.176. The molecule has 8 rings (SSSR count). The molecule has 5 nitrogen and oxygen atoms in total. The maximum absolute atomic E-state index is 12.8. The number of benzene rings is 5. The van der Waals surface area contributed by atoms with Crippen molar-refractivity contribution in [3.8, 4) is 39.5 Å². The lowest BCUT2D eigenvalue weighted by atomic mass is 9.81. The SMILES string of the molecule is COc1c(C(C)(C)C)cc2c(c1-c1cc(C)cc(C)c1)CC(C)=C2.COc1c(C(C)(C)C)cc2c(c1-c1cc(C)cc(C)c1)CC(C)C2=O.COc1c(C(C)(C)C)cc2c(c1Br)CCC2=O. The Labute approximate surface area is 404 Å². The van der Waals surface area contributed by atoms with Crippen molar-refractivity contribution in [2.24, 2.45) is 5.92 Å². The van der Waals surface area contributed by atoms with Crippen LogP contribution >= 0.6 is 15.9 Å². The summed E-state index contributed by atoms with van der Waals surface area (Å²) in [6.07, 6.45) is 5.56. The first-order valence-corrected chi connectivity index (χ1v) is 24.3. The highest BCUT2D eigenvalue weighted by Gasteiger charge is 2.36. The first kappa shape index (κ1) is 50.5. The molecule has 3 aliphatic carbocycles. The predicted molar refractivity (Wildman–Crippen MR) is 280 cm³/mol. The van der Waals surface area contributed by atoms with Gasteiger partial charge in [0.2, 0.25) is 0 Å². The molecule has 0 spiro atoms. The highest BCUT2D eigenvalue weighted by atomic mass is 79.9. The minimum Gasteiger partial charge on any atom is -0.496 e. The van der Waals surface area contributed by atoms with Crippen LogP contribution in [0, 0.1) is 33.6 Å². The molecular weight excluding hydrogens is 881 g/mol. The molecule has 0 bridgehead atoms. The molecule has 0 amide bonds. The van der Waals surface area contributed by atoms with Gasteiger partial charge in [-0.25, -0.2) is 0 Å². The number of hydrogen-bond donors (Lipinski definition) is 0. The zero-order chi connectivity index (χ0) is 49.0. The van der Waals surface area contributed by atoms with Crippen LogP contribution in [0.3, 0.4) is 0 Å². The van der Waals surface area contributed by atoms with Crippen LogP contribution in [0.15, 0.2) is 64.6 Å². The molecule has 0 saturated carbocycles. The van der Waals surface area contributed by atoms with Gasteiger partial charge in [-0.3, -0.25) is 9.59 Å². The van der Waals surface area contributed by atoms with Gasteiger partial charge < -0.3 is 14.2 Å². The van der Waals surface area contributed by atoms with Gasteiger partial charge in [-0.2, -0.15) is 0 Å². The monoisotopic (exact) mass is 952 g/mol. The predicted octanol–water partition coefficient (Wildman–Crippen LogP) is 15.8. The molecule has 0 N–H and O–H groups in total. The summed E-state index contributed by atoms with van der Waals surface area (Å²) in [7, 11) is 5.22. The minimum atomic E-state index is -0.0971. The van der Waals surface area contributed by atoms with Crippen molar-refractivity contribution in [2.75, 3.05) is 21.3 Å². The Morgan fingerprint density at radius 1 is 0.530 bits per heavy atom. The van der Waals surface area contributed by atoms with Crippen molar-refractivity contribution in [3.05, 3.63) is 137 Å². The highest BCUT2D eigenvalue weighted by Crippen LogP contribution is 2.49. The van der Waals surface area contributed by atoms with E-state index >= 15 is 0 Å². The van der Waals surface area contributed by atoms with Gasteiger partial charge in [0.05, 0.1) is 25.8 Å². The van der Waals surface area contributed by atoms with Crippen molar-refractivity contribution in [1.82, 2.24) is 0 Å². The Balaban J connectivity index is 0.000000167. The number of fused-ring (bicyclic) bond motifs is 3. The highest BCUT2D eigenvalue weighted by molar-refractivity contribution is 9.10. The summed E-state index contributed by atoms with van der Waals surface area (Å²) in [4.78, 5) is 24.6. The van der Waals surface area contributed by atoms with E-state index in [0.29, 0.717) is 6.42 Å². The third kappa shape index (κ3) is 10.1. The van der Waals surface area contributed by atoms with Crippen LogP contribution in [-0.4, -0.2) is 32.9 Å². The zero-order valence-electron chi connectivity index (χ0n) is 43.1. The molecular formula is C60H73BrO5. The number of ether oxygens (including phenoxy) is 3. The number of rotatable bonds is 5. The van der Waals surface area contributed by atoms with Crippen molar-refractivity contribution < 1.29 is 23.8 Å². The number of carbonyl (C=O) groups excluding carboxylic acids is 2. The second-order valence-corrected chi connectivity index (χ2v) is 22.9. The van der Waals surface area contributed by atoms with E-state index in [1.54, 1.807) is 21.3 Å². The van der Waals surface area contributed by atoms with Crippen LogP contribution in [0.1, 0.15) is 164 Å². The van der Waals surface area contributed by atoms with Gasteiger partial charge in [-0.15, -0.1) is 0 Å². The second-order valence-electron chi connectivity index (χ2n) is 22.1. The summed E-state index contributed by atoms with van der Waals surface area (Å²) in [5, 5.41) is 0. The Kier molecular flexibility index (Phi) is 14.5.